The van der Waals surface area contributed by atoms with Crippen molar-refractivity contribution in [3.63, 3.8) is 0 Å². The van der Waals surface area contributed by atoms with Gasteiger partial charge in [-0.25, -0.2) is 4.79 Å². The number of aliphatic carboxylic acids is 1. The van der Waals surface area contributed by atoms with Crippen LogP contribution >= 0.6 is 23.4 Å². The van der Waals surface area contributed by atoms with Crippen molar-refractivity contribution in [2.24, 2.45) is 0 Å². The van der Waals surface area contributed by atoms with Gasteiger partial charge in [-0.1, -0.05) is 37.1 Å². The molecule has 0 saturated heterocycles. The van der Waals surface area contributed by atoms with Crippen LogP contribution in [-0.2, 0) is 15.3 Å². The molecule has 1 amide bonds. The van der Waals surface area contributed by atoms with E-state index >= 15 is 0 Å². The van der Waals surface area contributed by atoms with Gasteiger partial charge >= 0.3 is 5.97 Å². The summed E-state index contributed by atoms with van der Waals surface area (Å²) < 4.78 is 0. The Kier molecular flexibility index (Phi) is 7.47. The van der Waals surface area contributed by atoms with Crippen molar-refractivity contribution in [2.75, 3.05) is 5.75 Å². The largest absolute Gasteiger partial charge is 0.480 e. The third-order valence-electron chi connectivity index (χ3n) is 2.63. The minimum absolute atomic E-state index is 0.246. The van der Waals surface area contributed by atoms with E-state index in [9.17, 15) is 9.59 Å². The van der Waals surface area contributed by atoms with Crippen LogP contribution in [0.2, 0.25) is 5.02 Å². The second kappa shape index (κ2) is 8.87. The lowest BCUT2D eigenvalue weighted by molar-refractivity contribution is -0.141. The molecule has 0 saturated carbocycles. The molecule has 4 nitrogen and oxygen atoms in total. The lowest BCUT2D eigenvalue weighted by Crippen LogP contribution is -2.41. The molecular weight excluding hydrogens is 298 g/mol. The normalized spacial score (nSPS) is 11.9. The van der Waals surface area contributed by atoms with Gasteiger partial charge in [0.25, 0.3) is 0 Å². The van der Waals surface area contributed by atoms with Gasteiger partial charge in [-0.05, 0) is 24.1 Å². The van der Waals surface area contributed by atoms with Crippen molar-refractivity contribution < 1.29 is 14.7 Å². The molecule has 0 aliphatic rings. The van der Waals surface area contributed by atoms with Gasteiger partial charge in [-0.3, -0.25) is 4.79 Å². The van der Waals surface area contributed by atoms with Gasteiger partial charge in [-0.2, -0.15) is 0 Å². The first-order valence-corrected chi connectivity index (χ1v) is 7.90. The van der Waals surface area contributed by atoms with Crippen LogP contribution in [0.5, 0.6) is 0 Å². The molecule has 6 heteroatoms. The van der Waals surface area contributed by atoms with Crippen molar-refractivity contribution in [3.8, 4) is 0 Å². The fourth-order valence-electron chi connectivity index (χ4n) is 1.62. The summed E-state index contributed by atoms with van der Waals surface area (Å²) in [5.41, 5.74) is 1.08. The molecule has 110 valence electrons. The Morgan fingerprint density at radius 2 is 2.00 bits per heavy atom. The Balaban J connectivity index is 2.32. The van der Waals surface area contributed by atoms with E-state index < -0.39 is 12.0 Å². The Bertz CT molecular complexity index is 450. The maximum absolute atomic E-state index is 11.7. The number of nitrogens with one attached hydrogen (secondary N) is 1. The van der Waals surface area contributed by atoms with Crippen molar-refractivity contribution in [3.05, 3.63) is 34.9 Å². The van der Waals surface area contributed by atoms with Crippen molar-refractivity contribution >= 4 is 35.2 Å². The maximum atomic E-state index is 11.7. The van der Waals surface area contributed by atoms with E-state index in [1.807, 2.05) is 19.1 Å². The maximum Gasteiger partial charge on any atom is 0.326 e. The van der Waals surface area contributed by atoms with Crippen LogP contribution in [0, 0.1) is 0 Å². The first-order valence-electron chi connectivity index (χ1n) is 6.37. The number of carboxylic acid groups (broad SMARTS) is 1. The number of carboxylic acids is 1. The quantitative estimate of drug-likeness (QED) is 0.774. The van der Waals surface area contributed by atoms with Crippen LogP contribution < -0.4 is 5.32 Å². The molecule has 0 spiro atoms. The molecule has 0 radical (unpaired) electrons. The van der Waals surface area contributed by atoms with Gasteiger partial charge in [0, 0.05) is 10.8 Å². The first kappa shape index (κ1) is 16.9. The van der Waals surface area contributed by atoms with E-state index in [0.717, 1.165) is 12.0 Å². The van der Waals surface area contributed by atoms with Gasteiger partial charge < -0.3 is 10.4 Å². The number of hydrogen-bond donors (Lipinski definition) is 2. The number of halogens is 1. The number of rotatable bonds is 8. The highest BCUT2D eigenvalue weighted by Crippen LogP contribution is 2.15. The zero-order valence-corrected chi connectivity index (χ0v) is 12.8. The smallest absolute Gasteiger partial charge is 0.326 e. The van der Waals surface area contributed by atoms with E-state index in [-0.39, 0.29) is 11.7 Å². The standard InChI is InChI=1S/C14H18ClNO3S/c1-2-3-12(14(18)19)16-13(17)9-20-8-10-4-6-11(15)7-5-10/h4-7,12H,2-3,8-9H2,1H3,(H,16,17)(H,18,19). The zero-order chi connectivity index (χ0) is 15.0. The Morgan fingerprint density at radius 3 is 2.55 bits per heavy atom. The molecule has 0 fully saturated rings. The van der Waals surface area contributed by atoms with E-state index in [1.54, 1.807) is 12.1 Å². The minimum atomic E-state index is -0.983. The highest BCUT2D eigenvalue weighted by atomic mass is 35.5. The molecule has 0 heterocycles. The third kappa shape index (κ3) is 6.30. The molecule has 0 aromatic heterocycles. The number of amides is 1. The average Bonchev–Trinajstić information content (AvgIpc) is 2.40. The van der Waals surface area contributed by atoms with Crippen molar-refractivity contribution in [1.29, 1.82) is 0 Å². The predicted molar refractivity (Wildman–Crippen MR) is 82.1 cm³/mol. The summed E-state index contributed by atoms with van der Waals surface area (Å²) in [6.45, 7) is 1.89. The van der Waals surface area contributed by atoms with Gasteiger partial charge in [0.1, 0.15) is 6.04 Å². The zero-order valence-electron chi connectivity index (χ0n) is 11.3. The number of benzene rings is 1. The van der Waals surface area contributed by atoms with Gasteiger partial charge in [0.05, 0.1) is 5.75 Å². The Morgan fingerprint density at radius 1 is 1.35 bits per heavy atom. The predicted octanol–water partition coefficient (Wildman–Crippen LogP) is 2.94. The molecule has 1 aromatic rings. The van der Waals surface area contributed by atoms with Crippen LogP contribution in [0.3, 0.4) is 0 Å². The molecule has 0 aliphatic heterocycles. The van der Waals surface area contributed by atoms with Gasteiger partial charge in [-0.15, -0.1) is 11.8 Å². The third-order valence-corrected chi connectivity index (χ3v) is 3.88. The fourth-order valence-corrected chi connectivity index (χ4v) is 2.55. The summed E-state index contributed by atoms with van der Waals surface area (Å²) >= 11 is 7.23. The minimum Gasteiger partial charge on any atom is -0.480 e. The highest BCUT2D eigenvalue weighted by molar-refractivity contribution is 7.99. The molecular formula is C14H18ClNO3S. The van der Waals surface area contributed by atoms with Crippen molar-refractivity contribution in [2.45, 2.75) is 31.6 Å². The number of carbonyl (C=O) groups is 2. The Hall–Kier alpha value is -1.20. The molecule has 20 heavy (non-hydrogen) atoms. The summed E-state index contributed by atoms with van der Waals surface area (Å²) in [6, 6.07) is 6.64. The fraction of sp³-hybridized carbons (Fsp3) is 0.429. The number of carbonyl (C=O) groups excluding carboxylic acids is 1. The second-order valence-electron chi connectivity index (χ2n) is 4.37. The van der Waals surface area contributed by atoms with Crippen molar-refractivity contribution in [1.82, 2.24) is 5.32 Å². The topological polar surface area (TPSA) is 66.4 Å². The molecule has 2 N–H and O–H groups in total. The van der Waals surface area contributed by atoms with E-state index in [0.29, 0.717) is 17.2 Å². The van der Waals surface area contributed by atoms with Crippen LogP contribution in [0.15, 0.2) is 24.3 Å². The summed E-state index contributed by atoms with van der Waals surface area (Å²) in [5, 5.41) is 12.2. The monoisotopic (exact) mass is 315 g/mol. The summed E-state index contributed by atoms with van der Waals surface area (Å²) in [6.07, 6.45) is 1.16. The second-order valence-corrected chi connectivity index (χ2v) is 5.79. The van der Waals surface area contributed by atoms with Crippen LogP contribution in [0.25, 0.3) is 0 Å². The summed E-state index contributed by atoms with van der Waals surface area (Å²) in [4.78, 5) is 22.6. The molecule has 0 bridgehead atoms. The number of hydrogen-bond acceptors (Lipinski definition) is 3. The molecule has 1 atom stereocenters. The average molecular weight is 316 g/mol. The Labute approximate surface area is 127 Å². The SMILES string of the molecule is CCCC(NC(=O)CSCc1ccc(Cl)cc1)C(=O)O. The van der Waals surface area contributed by atoms with Crippen LogP contribution in [0.4, 0.5) is 0 Å². The molecule has 1 aromatic carbocycles. The van der Waals surface area contributed by atoms with Crippen LogP contribution in [-0.4, -0.2) is 28.8 Å². The van der Waals surface area contributed by atoms with Gasteiger partial charge in [0.2, 0.25) is 5.91 Å². The van der Waals surface area contributed by atoms with E-state index in [1.165, 1.54) is 11.8 Å². The van der Waals surface area contributed by atoms with Gasteiger partial charge in [0.15, 0.2) is 0 Å². The van der Waals surface area contributed by atoms with E-state index in [4.69, 9.17) is 16.7 Å². The molecule has 1 unspecified atom stereocenters. The summed E-state index contributed by atoms with van der Waals surface area (Å²) in [7, 11) is 0. The first-order chi connectivity index (χ1) is 9.52. The summed E-state index contributed by atoms with van der Waals surface area (Å²) in [5.74, 6) is -0.292. The van der Waals surface area contributed by atoms with E-state index in [2.05, 4.69) is 5.32 Å². The lowest BCUT2D eigenvalue weighted by Gasteiger charge is -2.13. The molecule has 0 aliphatic carbocycles. The highest BCUT2D eigenvalue weighted by Gasteiger charge is 2.18. The lowest BCUT2D eigenvalue weighted by atomic mass is 10.2. The number of thioether (sulfide) groups is 1. The van der Waals surface area contributed by atoms with Crippen LogP contribution in [0.1, 0.15) is 25.3 Å². The molecule has 1 rings (SSSR count).